The van der Waals surface area contributed by atoms with Gasteiger partial charge in [-0.15, -0.1) is 0 Å². The molecule has 1 atom stereocenters. The second kappa shape index (κ2) is 31.6. The van der Waals surface area contributed by atoms with Gasteiger partial charge in [0, 0.05) is 68.4 Å². The first-order valence-corrected chi connectivity index (χ1v) is 18.3. The summed E-state index contributed by atoms with van der Waals surface area (Å²) in [6, 6.07) is 17.5. The number of carbonyl (C=O) groups excluding carboxylic acids is 1. The topological polar surface area (TPSA) is 107 Å². The van der Waals surface area contributed by atoms with Crippen LogP contribution in [0, 0.1) is 0 Å². The number of hydrogen-bond donors (Lipinski definition) is 3. The third kappa shape index (κ3) is 30.2. The Bertz CT molecular complexity index is 1060. The van der Waals surface area contributed by atoms with E-state index in [0.29, 0.717) is 49.2 Å². The normalized spacial score (nSPS) is 11.7. The number of aliphatic carboxylic acids is 1. The predicted molar refractivity (Wildman–Crippen MR) is 209 cm³/mol. The minimum absolute atomic E-state index is 0.0906. The van der Waals surface area contributed by atoms with Gasteiger partial charge in [-0.1, -0.05) is 76.3 Å². The Morgan fingerprint density at radius 1 is 0.787 bits per heavy atom. The predicted octanol–water partition coefficient (Wildman–Crippen LogP) is 9.01. The van der Waals surface area contributed by atoms with E-state index in [1.807, 2.05) is 43.3 Å². The zero-order valence-electron chi connectivity index (χ0n) is 32.8. The lowest BCUT2D eigenvalue weighted by Crippen LogP contribution is -2.40. The van der Waals surface area contributed by atoms with Gasteiger partial charge in [-0.05, 0) is 111 Å². The average molecular weight is 793 g/mol. The zero-order valence-corrected chi connectivity index (χ0v) is 34.0. The van der Waals surface area contributed by atoms with Crippen LogP contribution in [0.1, 0.15) is 109 Å². The molecule has 0 aliphatic carbocycles. The quantitative estimate of drug-likeness (QED) is 0.175. The standard InChI is InChI=1S/C17H26BrNO.C8H7BrO2.C8H20N2.C3H8.C2H6O/c1-13(2)19(14(3)4)11-5-6-17(20)12-15-7-9-16(18)10-8-15;9-7-3-1-6(2-4-7)5-8(10)11;1-7(2)10(6-5-9)8(3)4;1-3-2;1-2-3/h7-10,13-14H,5-6,11-12H2,1-4H3;1-4H,5H2,(H,10,11);7-8H,5-6,9H2,1-4H3;3H2,1-2H3;3H,2H2,1H3/i;;;1TD;. The molecular weight excluding hydrogens is 722 g/mol. The highest BCUT2D eigenvalue weighted by Gasteiger charge is 2.14. The molecule has 0 aromatic heterocycles. The maximum absolute atomic E-state index is 12.0. The van der Waals surface area contributed by atoms with Crippen molar-refractivity contribution in [3.63, 3.8) is 0 Å². The monoisotopic (exact) mass is 790 g/mol. The number of ketones is 1. The maximum atomic E-state index is 12.0. The molecule has 0 radical (unpaired) electrons. The van der Waals surface area contributed by atoms with E-state index in [1.165, 1.54) is 0 Å². The minimum Gasteiger partial charge on any atom is -0.481 e. The summed E-state index contributed by atoms with van der Waals surface area (Å²) in [7, 11) is 0. The van der Waals surface area contributed by atoms with Crippen LogP contribution in [0.3, 0.4) is 0 Å². The van der Waals surface area contributed by atoms with Gasteiger partial charge in [0.2, 0.25) is 0 Å². The Morgan fingerprint density at radius 2 is 1.13 bits per heavy atom. The molecule has 7 nitrogen and oxygen atoms in total. The largest absolute Gasteiger partial charge is 0.481 e. The summed E-state index contributed by atoms with van der Waals surface area (Å²) >= 11 is 6.67. The van der Waals surface area contributed by atoms with Crippen LogP contribution in [0.2, 0.25) is 0 Å². The molecule has 0 aliphatic rings. The fourth-order valence-corrected chi connectivity index (χ4v) is 5.06. The smallest absolute Gasteiger partial charge is 0.307 e. The molecule has 0 saturated heterocycles. The molecule has 2 aromatic carbocycles. The van der Waals surface area contributed by atoms with Gasteiger partial charge in [-0.2, -0.15) is 0 Å². The van der Waals surface area contributed by atoms with Crippen molar-refractivity contribution in [2.75, 3.05) is 26.2 Å². The van der Waals surface area contributed by atoms with Crippen LogP contribution in [0.25, 0.3) is 0 Å². The van der Waals surface area contributed by atoms with Crippen molar-refractivity contribution in [2.24, 2.45) is 5.73 Å². The molecule has 0 spiro atoms. The van der Waals surface area contributed by atoms with Crippen molar-refractivity contribution in [1.82, 2.24) is 9.80 Å². The number of benzene rings is 2. The summed E-state index contributed by atoms with van der Waals surface area (Å²) in [5.41, 5.74) is 7.38. The first-order chi connectivity index (χ1) is 22.9. The van der Waals surface area contributed by atoms with Gasteiger partial charge in [0.05, 0.1) is 6.42 Å². The van der Waals surface area contributed by atoms with Crippen molar-refractivity contribution in [1.29, 1.82) is 0 Å². The lowest BCUT2D eigenvalue weighted by Gasteiger charge is -2.30. The summed E-state index contributed by atoms with van der Waals surface area (Å²) in [4.78, 5) is 27.1. The van der Waals surface area contributed by atoms with Crippen molar-refractivity contribution < 1.29 is 22.5 Å². The van der Waals surface area contributed by atoms with E-state index in [2.05, 4.69) is 97.0 Å². The number of Topliss-reactive ketones (excluding diaryl/α,β-unsaturated/α-hetero) is 1. The van der Waals surface area contributed by atoms with Crippen molar-refractivity contribution in [3.05, 3.63) is 68.6 Å². The van der Waals surface area contributed by atoms with E-state index in [1.54, 1.807) is 19.1 Å². The third-order valence-electron chi connectivity index (χ3n) is 6.50. The molecule has 0 saturated carbocycles. The van der Waals surface area contributed by atoms with Crippen LogP contribution in [0.15, 0.2) is 57.5 Å². The highest BCUT2D eigenvalue weighted by Crippen LogP contribution is 2.13. The first kappa shape index (κ1) is 45.4. The molecule has 47 heavy (non-hydrogen) atoms. The average Bonchev–Trinajstić information content (AvgIpc) is 3.01. The van der Waals surface area contributed by atoms with E-state index in [9.17, 15) is 9.59 Å². The molecule has 2 aromatic rings. The van der Waals surface area contributed by atoms with Crippen LogP contribution < -0.4 is 5.73 Å². The van der Waals surface area contributed by atoms with Crippen LogP contribution in [-0.4, -0.2) is 82.2 Å². The van der Waals surface area contributed by atoms with E-state index in [0.717, 1.165) is 46.1 Å². The third-order valence-corrected chi connectivity index (χ3v) is 7.55. The number of aliphatic hydroxyl groups is 1. The fraction of sp³-hybridized carbons (Fsp3) is 0.632. The van der Waals surface area contributed by atoms with Crippen LogP contribution in [0.4, 0.5) is 0 Å². The van der Waals surface area contributed by atoms with Gasteiger partial charge in [-0.3, -0.25) is 19.4 Å². The number of carbonyl (C=O) groups is 2. The van der Waals surface area contributed by atoms with Gasteiger partial charge < -0.3 is 15.9 Å². The van der Waals surface area contributed by atoms with E-state index >= 15 is 0 Å². The zero-order chi connectivity index (χ0) is 38.5. The molecule has 0 heterocycles. The molecule has 272 valence electrons. The number of carboxylic acids is 1. The van der Waals surface area contributed by atoms with Crippen LogP contribution in [0.5, 0.6) is 0 Å². The van der Waals surface area contributed by atoms with Gasteiger partial charge >= 0.3 is 5.97 Å². The second-order valence-electron chi connectivity index (χ2n) is 12.0. The Hall–Kier alpha value is -1.62. The summed E-state index contributed by atoms with van der Waals surface area (Å²) in [5, 5.41) is 16.0. The highest BCUT2D eigenvalue weighted by molar-refractivity contribution is 9.10. The summed E-state index contributed by atoms with van der Waals surface area (Å²) < 4.78 is 15.0. The number of hydrogen-bond acceptors (Lipinski definition) is 6. The number of nitrogens with two attached hydrogens (primary N) is 1. The number of halogens is 2. The molecule has 0 fully saturated rings. The molecular formula is C38H67Br2N3O4. The summed E-state index contributed by atoms with van der Waals surface area (Å²) in [6.07, 6.45) is 2.90. The number of rotatable bonds is 14. The maximum Gasteiger partial charge on any atom is 0.307 e. The summed E-state index contributed by atoms with van der Waals surface area (Å²) in [6.45, 7) is 23.6. The number of aliphatic hydroxyl groups excluding tert-OH is 1. The molecule has 1 unspecified atom stereocenters. The molecule has 0 aliphatic heterocycles. The minimum atomic E-state index is -0.799. The van der Waals surface area contributed by atoms with Gasteiger partial charge in [0.25, 0.3) is 0 Å². The fourth-order valence-electron chi connectivity index (χ4n) is 4.53. The van der Waals surface area contributed by atoms with Gasteiger partial charge in [-0.25, -0.2) is 0 Å². The first-order valence-electron chi connectivity index (χ1n) is 17.9. The Balaban J connectivity index is -0.000000618. The van der Waals surface area contributed by atoms with Crippen LogP contribution >= 0.6 is 31.9 Å². The Labute approximate surface area is 307 Å². The summed E-state index contributed by atoms with van der Waals surface area (Å²) in [5.74, 6) is -0.466. The highest BCUT2D eigenvalue weighted by atomic mass is 79.9. The SMILES string of the molecule is CC(C)N(CCCC(=O)Cc1ccc(Br)cc1)C(C)C.CC(C)N(CCN)C(C)C.CCO.O=C(O)Cc1ccc(Br)cc1.[2H]C([3H])CC. The van der Waals surface area contributed by atoms with Crippen LogP contribution in [-0.2, 0) is 22.4 Å². The lowest BCUT2D eigenvalue weighted by molar-refractivity contribution is -0.136. The Morgan fingerprint density at radius 3 is 1.40 bits per heavy atom. The second-order valence-corrected chi connectivity index (χ2v) is 13.8. The van der Waals surface area contributed by atoms with Gasteiger partial charge in [0.1, 0.15) is 5.78 Å². The van der Waals surface area contributed by atoms with E-state index < -0.39 is 12.8 Å². The Kier molecular flexibility index (Phi) is 30.5. The van der Waals surface area contributed by atoms with Crippen molar-refractivity contribution >= 4 is 43.6 Å². The van der Waals surface area contributed by atoms with E-state index in [-0.39, 0.29) is 13.0 Å². The molecule has 0 amide bonds. The van der Waals surface area contributed by atoms with Crippen molar-refractivity contribution in [2.45, 2.75) is 132 Å². The molecule has 9 heteroatoms. The lowest BCUT2D eigenvalue weighted by atomic mass is 10.1. The number of carboxylic acid groups (broad SMARTS) is 1. The van der Waals surface area contributed by atoms with Gasteiger partial charge in [0.15, 0.2) is 0 Å². The molecule has 0 bridgehead atoms. The van der Waals surface area contributed by atoms with Crippen molar-refractivity contribution in [3.8, 4) is 0 Å². The number of nitrogens with zero attached hydrogens (tertiary/aromatic N) is 2. The molecule has 4 N–H and O–H groups in total. The molecule has 2 rings (SSSR count). The van der Waals surface area contributed by atoms with E-state index in [4.69, 9.17) is 18.7 Å².